The SMILES string of the molecule is CC(=O)c1ccc(OCC(=O)O[C@H](C)C(=O)Nc2ccccc2F)cc1. The molecule has 1 amide bonds. The van der Waals surface area contributed by atoms with Crippen molar-refractivity contribution in [1.29, 1.82) is 0 Å². The van der Waals surface area contributed by atoms with Crippen molar-refractivity contribution in [2.24, 2.45) is 0 Å². The van der Waals surface area contributed by atoms with Crippen molar-refractivity contribution in [2.45, 2.75) is 20.0 Å². The highest BCUT2D eigenvalue weighted by molar-refractivity contribution is 5.95. The van der Waals surface area contributed by atoms with Crippen LogP contribution in [0.2, 0.25) is 0 Å². The highest BCUT2D eigenvalue weighted by Gasteiger charge is 2.19. The maximum atomic E-state index is 13.5. The molecule has 1 atom stereocenters. The van der Waals surface area contributed by atoms with E-state index in [1.54, 1.807) is 30.3 Å². The Balaban J connectivity index is 1.82. The van der Waals surface area contributed by atoms with Gasteiger partial charge >= 0.3 is 5.97 Å². The maximum absolute atomic E-state index is 13.5. The van der Waals surface area contributed by atoms with E-state index in [1.807, 2.05) is 0 Å². The predicted molar refractivity (Wildman–Crippen MR) is 92.5 cm³/mol. The summed E-state index contributed by atoms with van der Waals surface area (Å²) in [5.74, 6) is -1.69. The average molecular weight is 359 g/mol. The molecule has 136 valence electrons. The second-order valence-electron chi connectivity index (χ2n) is 5.47. The van der Waals surface area contributed by atoms with Gasteiger partial charge in [-0.15, -0.1) is 0 Å². The molecule has 2 aromatic carbocycles. The van der Waals surface area contributed by atoms with E-state index in [1.165, 1.54) is 32.0 Å². The number of hydrogen-bond acceptors (Lipinski definition) is 5. The molecule has 0 aromatic heterocycles. The number of hydrogen-bond donors (Lipinski definition) is 1. The number of halogens is 1. The molecule has 26 heavy (non-hydrogen) atoms. The summed E-state index contributed by atoms with van der Waals surface area (Å²) in [4.78, 5) is 34.9. The first-order chi connectivity index (χ1) is 12.4. The number of rotatable bonds is 7. The average Bonchev–Trinajstić information content (AvgIpc) is 2.62. The molecule has 0 radical (unpaired) electrons. The van der Waals surface area contributed by atoms with Crippen LogP contribution in [0.15, 0.2) is 48.5 Å². The first-order valence-electron chi connectivity index (χ1n) is 7.85. The Labute approximate surface area is 149 Å². The summed E-state index contributed by atoms with van der Waals surface area (Å²) >= 11 is 0. The van der Waals surface area contributed by atoms with Crippen LogP contribution in [0.25, 0.3) is 0 Å². The zero-order valence-electron chi connectivity index (χ0n) is 14.3. The first-order valence-corrected chi connectivity index (χ1v) is 7.85. The summed E-state index contributed by atoms with van der Waals surface area (Å²) in [5, 5.41) is 2.34. The van der Waals surface area contributed by atoms with Crippen LogP contribution >= 0.6 is 0 Å². The van der Waals surface area contributed by atoms with Gasteiger partial charge in [-0.25, -0.2) is 9.18 Å². The van der Waals surface area contributed by atoms with E-state index >= 15 is 0 Å². The molecule has 0 aliphatic carbocycles. The van der Waals surface area contributed by atoms with Crippen LogP contribution in [-0.4, -0.2) is 30.4 Å². The van der Waals surface area contributed by atoms with E-state index in [2.05, 4.69) is 5.32 Å². The van der Waals surface area contributed by atoms with Crippen LogP contribution in [-0.2, 0) is 14.3 Å². The molecule has 0 unspecified atom stereocenters. The number of amides is 1. The number of carbonyl (C=O) groups is 3. The van der Waals surface area contributed by atoms with Gasteiger partial charge in [0, 0.05) is 5.56 Å². The Morgan fingerprint density at radius 2 is 1.73 bits per heavy atom. The van der Waals surface area contributed by atoms with Crippen molar-refractivity contribution < 1.29 is 28.2 Å². The van der Waals surface area contributed by atoms with Crippen LogP contribution in [0, 0.1) is 5.82 Å². The fourth-order valence-electron chi connectivity index (χ4n) is 2.01. The van der Waals surface area contributed by atoms with Crippen LogP contribution in [0.5, 0.6) is 5.75 Å². The third-order valence-electron chi connectivity index (χ3n) is 3.43. The lowest BCUT2D eigenvalue weighted by atomic mass is 10.1. The first kappa shape index (κ1) is 19.1. The number of benzene rings is 2. The molecule has 6 nitrogen and oxygen atoms in total. The van der Waals surface area contributed by atoms with E-state index in [0.717, 1.165) is 0 Å². The summed E-state index contributed by atoms with van der Waals surface area (Å²) in [6, 6.07) is 11.9. The van der Waals surface area contributed by atoms with E-state index in [4.69, 9.17) is 9.47 Å². The van der Waals surface area contributed by atoms with Crippen molar-refractivity contribution in [2.75, 3.05) is 11.9 Å². The Bertz CT molecular complexity index is 804. The number of carbonyl (C=O) groups excluding carboxylic acids is 3. The summed E-state index contributed by atoms with van der Waals surface area (Å²) in [6.07, 6.45) is -1.12. The maximum Gasteiger partial charge on any atom is 0.344 e. The van der Waals surface area contributed by atoms with Crippen LogP contribution in [0.1, 0.15) is 24.2 Å². The molecule has 2 aromatic rings. The summed E-state index contributed by atoms with van der Waals surface area (Å²) < 4.78 is 23.7. The lowest BCUT2D eigenvalue weighted by Gasteiger charge is -2.14. The standard InChI is InChI=1S/C19H18FNO5/c1-12(22)14-7-9-15(10-8-14)25-11-18(23)26-13(2)19(24)21-17-6-4-3-5-16(17)20/h3-10,13H,11H2,1-2H3,(H,21,24)/t13-/m1/s1. The minimum Gasteiger partial charge on any atom is -0.482 e. The minimum absolute atomic E-state index is 0.00205. The predicted octanol–water partition coefficient (Wildman–Crippen LogP) is 2.98. The largest absolute Gasteiger partial charge is 0.482 e. The molecule has 0 spiro atoms. The van der Waals surface area contributed by atoms with Crippen molar-refractivity contribution >= 4 is 23.3 Å². The number of Topliss-reactive ketones (excluding diaryl/α,β-unsaturated/α-hetero) is 1. The molecule has 0 fully saturated rings. The van der Waals surface area contributed by atoms with E-state index < -0.39 is 30.4 Å². The van der Waals surface area contributed by atoms with Gasteiger partial charge in [0.25, 0.3) is 5.91 Å². The Hall–Kier alpha value is -3.22. The smallest absolute Gasteiger partial charge is 0.344 e. The number of ether oxygens (including phenoxy) is 2. The van der Waals surface area contributed by atoms with Gasteiger partial charge in [-0.3, -0.25) is 9.59 Å². The van der Waals surface area contributed by atoms with Gasteiger partial charge in [0.1, 0.15) is 11.6 Å². The highest BCUT2D eigenvalue weighted by Crippen LogP contribution is 2.14. The Kier molecular flexibility index (Phi) is 6.43. The molecular weight excluding hydrogens is 341 g/mol. The normalized spacial score (nSPS) is 11.3. The fraction of sp³-hybridized carbons (Fsp3) is 0.211. The van der Waals surface area contributed by atoms with Gasteiger partial charge < -0.3 is 14.8 Å². The highest BCUT2D eigenvalue weighted by atomic mass is 19.1. The van der Waals surface area contributed by atoms with Gasteiger partial charge in [-0.05, 0) is 50.2 Å². The van der Waals surface area contributed by atoms with Gasteiger partial charge in [0.05, 0.1) is 5.69 Å². The second-order valence-corrected chi connectivity index (χ2v) is 5.47. The second kappa shape index (κ2) is 8.75. The lowest BCUT2D eigenvalue weighted by Crippen LogP contribution is -2.31. The monoisotopic (exact) mass is 359 g/mol. The molecule has 2 rings (SSSR count). The molecule has 1 N–H and O–H groups in total. The number of esters is 1. The molecule has 0 aliphatic heterocycles. The third kappa shape index (κ3) is 5.41. The molecule has 0 aliphatic rings. The number of ketones is 1. The molecule has 7 heteroatoms. The van der Waals surface area contributed by atoms with Crippen molar-refractivity contribution in [3.8, 4) is 5.75 Å². The van der Waals surface area contributed by atoms with Gasteiger partial charge in [-0.1, -0.05) is 12.1 Å². The van der Waals surface area contributed by atoms with Gasteiger partial charge in [-0.2, -0.15) is 0 Å². The van der Waals surface area contributed by atoms with E-state index in [-0.39, 0.29) is 11.5 Å². The Morgan fingerprint density at radius 3 is 2.35 bits per heavy atom. The molecule has 0 bridgehead atoms. The third-order valence-corrected chi connectivity index (χ3v) is 3.43. The fourth-order valence-corrected chi connectivity index (χ4v) is 2.01. The quantitative estimate of drug-likeness (QED) is 0.607. The lowest BCUT2D eigenvalue weighted by molar-refractivity contribution is -0.155. The molecular formula is C19H18FNO5. The molecule has 0 saturated heterocycles. The Morgan fingerprint density at radius 1 is 1.08 bits per heavy atom. The zero-order valence-corrected chi connectivity index (χ0v) is 14.3. The van der Waals surface area contributed by atoms with Crippen molar-refractivity contribution in [3.63, 3.8) is 0 Å². The van der Waals surface area contributed by atoms with Crippen LogP contribution in [0.3, 0.4) is 0 Å². The number of para-hydroxylation sites is 1. The topological polar surface area (TPSA) is 81.7 Å². The number of nitrogens with one attached hydrogen (secondary N) is 1. The van der Waals surface area contributed by atoms with Gasteiger partial charge in [0.2, 0.25) is 0 Å². The summed E-state index contributed by atoms with van der Waals surface area (Å²) in [5.41, 5.74) is 0.528. The molecule has 0 heterocycles. The summed E-state index contributed by atoms with van der Waals surface area (Å²) in [7, 11) is 0. The molecule has 0 saturated carbocycles. The van der Waals surface area contributed by atoms with Gasteiger partial charge in [0.15, 0.2) is 18.5 Å². The van der Waals surface area contributed by atoms with Crippen LogP contribution in [0.4, 0.5) is 10.1 Å². The minimum atomic E-state index is -1.12. The van der Waals surface area contributed by atoms with E-state index in [9.17, 15) is 18.8 Å². The van der Waals surface area contributed by atoms with Crippen molar-refractivity contribution in [1.82, 2.24) is 0 Å². The van der Waals surface area contributed by atoms with Crippen LogP contribution < -0.4 is 10.1 Å². The number of anilines is 1. The zero-order chi connectivity index (χ0) is 19.1. The summed E-state index contributed by atoms with van der Waals surface area (Å²) in [6.45, 7) is 2.41. The van der Waals surface area contributed by atoms with E-state index in [0.29, 0.717) is 11.3 Å². The van der Waals surface area contributed by atoms with Crippen molar-refractivity contribution in [3.05, 3.63) is 59.9 Å².